The zero-order valence-corrected chi connectivity index (χ0v) is 17.1. The molecule has 0 radical (unpaired) electrons. The van der Waals surface area contributed by atoms with Crippen molar-refractivity contribution in [3.8, 4) is 17.2 Å². The molecular formula is C23H26N2O4. The number of anilines is 2. The van der Waals surface area contributed by atoms with Crippen molar-refractivity contribution >= 4 is 17.3 Å². The van der Waals surface area contributed by atoms with E-state index in [1.54, 1.807) is 19.2 Å². The van der Waals surface area contributed by atoms with Crippen LogP contribution in [0, 0.1) is 0 Å². The number of methoxy groups -OCH3 is 2. The zero-order chi connectivity index (χ0) is 20.1. The van der Waals surface area contributed by atoms with Crippen molar-refractivity contribution in [3.05, 3.63) is 42.0 Å². The Morgan fingerprint density at radius 1 is 1.03 bits per heavy atom. The predicted octanol–water partition coefficient (Wildman–Crippen LogP) is 4.35. The molecule has 0 spiro atoms. The Morgan fingerprint density at radius 3 is 2.45 bits per heavy atom. The number of para-hydroxylation sites is 2. The Balaban J connectivity index is 1.65. The molecule has 5 rings (SSSR count). The van der Waals surface area contributed by atoms with Crippen LogP contribution in [0.2, 0.25) is 0 Å². The van der Waals surface area contributed by atoms with Crippen LogP contribution in [0.4, 0.5) is 11.4 Å². The third-order valence-electron chi connectivity index (χ3n) is 6.71. The van der Waals surface area contributed by atoms with Gasteiger partial charge in [0.05, 0.1) is 25.5 Å². The first-order chi connectivity index (χ1) is 14.1. The number of carbonyl (C=O) groups is 1. The van der Waals surface area contributed by atoms with Crippen molar-refractivity contribution in [2.75, 3.05) is 26.2 Å². The van der Waals surface area contributed by atoms with Gasteiger partial charge in [-0.1, -0.05) is 12.1 Å². The molecule has 2 bridgehead atoms. The SMILES string of the molecule is COC(=O)c1cc(OC)c2c(c1)Oc1ccccc1N2C1CC2CCC(C1)N2C. The molecule has 0 aliphatic carbocycles. The Morgan fingerprint density at radius 2 is 1.76 bits per heavy atom. The van der Waals surface area contributed by atoms with Gasteiger partial charge in [-0.25, -0.2) is 4.79 Å². The van der Waals surface area contributed by atoms with Gasteiger partial charge in [0.15, 0.2) is 11.5 Å². The topological polar surface area (TPSA) is 51.2 Å². The standard InChI is InChI=1S/C23H26N2O4/c1-24-15-8-9-16(24)13-17(12-15)25-18-6-4-5-7-19(18)29-21-11-14(23(26)28-3)10-20(27-2)22(21)25/h4-7,10-11,15-17H,8-9,12-13H2,1-3H3. The molecule has 0 N–H and O–H groups in total. The lowest BCUT2D eigenvalue weighted by atomic mass is 9.94. The molecule has 6 nitrogen and oxygen atoms in total. The molecule has 2 aromatic rings. The Hall–Kier alpha value is -2.73. The van der Waals surface area contributed by atoms with Crippen molar-refractivity contribution in [3.63, 3.8) is 0 Å². The highest BCUT2D eigenvalue weighted by Gasteiger charge is 2.43. The minimum absolute atomic E-state index is 0.352. The summed E-state index contributed by atoms with van der Waals surface area (Å²) in [6, 6.07) is 13.2. The van der Waals surface area contributed by atoms with Gasteiger partial charge in [-0.2, -0.15) is 0 Å². The van der Waals surface area contributed by atoms with E-state index in [-0.39, 0.29) is 0 Å². The van der Waals surface area contributed by atoms with Gasteiger partial charge >= 0.3 is 5.97 Å². The minimum atomic E-state index is -0.405. The molecule has 0 amide bonds. The molecule has 3 aliphatic rings. The first kappa shape index (κ1) is 18.3. The molecule has 3 heterocycles. The Bertz CT molecular complexity index is 946. The summed E-state index contributed by atoms with van der Waals surface area (Å²) in [7, 11) is 5.27. The summed E-state index contributed by atoms with van der Waals surface area (Å²) in [5.74, 6) is 1.66. The van der Waals surface area contributed by atoms with E-state index in [1.165, 1.54) is 20.0 Å². The van der Waals surface area contributed by atoms with Gasteiger partial charge in [0.25, 0.3) is 0 Å². The van der Waals surface area contributed by atoms with E-state index in [9.17, 15) is 4.79 Å². The van der Waals surface area contributed by atoms with E-state index in [2.05, 4.69) is 22.9 Å². The van der Waals surface area contributed by atoms with Gasteiger partial charge < -0.3 is 24.0 Å². The second-order valence-electron chi connectivity index (χ2n) is 8.13. The normalized spacial score (nSPS) is 25.1. The number of fused-ring (bicyclic) bond motifs is 4. The van der Waals surface area contributed by atoms with E-state index in [0.29, 0.717) is 35.2 Å². The molecule has 152 valence electrons. The maximum Gasteiger partial charge on any atom is 0.338 e. The second kappa shape index (κ2) is 6.95. The van der Waals surface area contributed by atoms with Gasteiger partial charge in [0, 0.05) is 18.1 Å². The number of nitrogens with zero attached hydrogens (tertiary/aromatic N) is 2. The number of benzene rings is 2. The highest BCUT2D eigenvalue weighted by Crippen LogP contribution is 2.54. The molecule has 29 heavy (non-hydrogen) atoms. The quantitative estimate of drug-likeness (QED) is 0.722. The monoisotopic (exact) mass is 394 g/mol. The number of ether oxygens (including phenoxy) is 3. The van der Waals surface area contributed by atoms with Gasteiger partial charge in [0.1, 0.15) is 11.4 Å². The number of hydrogen-bond acceptors (Lipinski definition) is 6. The van der Waals surface area contributed by atoms with Gasteiger partial charge in [-0.05, 0) is 57.0 Å². The summed E-state index contributed by atoms with van der Waals surface area (Å²) in [5, 5.41) is 0. The largest absolute Gasteiger partial charge is 0.494 e. The first-order valence-electron chi connectivity index (χ1n) is 10.2. The molecule has 2 fully saturated rings. The Labute approximate surface area is 171 Å². The van der Waals surface area contributed by atoms with Crippen LogP contribution in [0.5, 0.6) is 17.2 Å². The van der Waals surface area contributed by atoms with Crippen molar-refractivity contribution < 1.29 is 19.0 Å². The van der Waals surface area contributed by atoms with Gasteiger partial charge in [-0.15, -0.1) is 0 Å². The van der Waals surface area contributed by atoms with Gasteiger partial charge in [0.2, 0.25) is 0 Å². The van der Waals surface area contributed by atoms with Crippen LogP contribution in [0.1, 0.15) is 36.0 Å². The molecule has 2 saturated heterocycles. The summed E-state index contributed by atoms with van der Waals surface area (Å²) in [6.07, 6.45) is 4.72. The lowest BCUT2D eigenvalue weighted by molar-refractivity contribution is 0.0600. The van der Waals surface area contributed by atoms with Crippen LogP contribution < -0.4 is 14.4 Å². The summed E-state index contributed by atoms with van der Waals surface area (Å²) in [5.41, 5.74) is 2.37. The van der Waals surface area contributed by atoms with E-state index < -0.39 is 5.97 Å². The number of piperidine rings is 1. The average molecular weight is 394 g/mol. The van der Waals surface area contributed by atoms with Crippen molar-refractivity contribution in [2.45, 2.75) is 43.8 Å². The lowest BCUT2D eigenvalue weighted by Gasteiger charge is -2.45. The maximum absolute atomic E-state index is 12.2. The molecular weight excluding hydrogens is 368 g/mol. The molecule has 3 aliphatic heterocycles. The van der Waals surface area contributed by atoms with E-state index in [0.717, 1.165) is 30.0 Å². The fourth-order valence-corrected chi connectivity index (χ4v) is 5.24. The predicted molar refractivity (Wildman–Crippen MR) is 111 cm³/mol. The van der Waals surface area contributed by atoms with E-state index in [1.807, 2.05) is 18.2 Å². The highest BCUT2D eigenvalue weighted by atomic mass is 16.5. The summed E-state index contributed by atoms with van der Waals surface area (Å²) in [4.78, 5) is 17.1. The van der Waals surface area contributed by atoms with E-state index in [4.69, 9.17) is 14.2 Å². The molecule has 0 saturated carbocycles. The molecule has 2 aromatic carbocycles. The van der Waals surface area contributed by atoms with E-state index >= 15 is 0 Å². The molecule has 0 aromatic heterocycles. The fraction of sp³-hybridized carbons (Fsp3) is 0.435. The smallest absolute Gasteiger partial charge is 0.338 e. The van der Waals surface area contributed by atoms with Crippen LogP contribution in [-0.2, 0) is 4.74 Å². The van der Waals surface area contributed by atoms with Gasteiger partial charge in [-0.3, -0.25) is 0 Å². The Kier molecular flexibility index (Phi) is 4.39. The summed E-state index contributed by atoms with van der Waals surface area (Å²) >= 11 is 0. The van der Waals surface area contributed by atoms with Crippen LogP contribution in [-0.4, -0.2) is 50.3 Å². The first-order valence-corrected chi connectivity index (χ1v) is 10.2. The zero-order valence-electron chi connectivity index (χ0n) is 17.1. The fourth-order valence-electron chi connectivity index (χ4n) is 5.24. The highest BCUT2D eigenvalue weighted by molar-refractivity contribution is 5.94. The average Bonchev–Trinajstić information content (AvgIpc) is 2.95. The van der Waals surface area contributed by atoms with Crippen LogP contribution in [0.3, 0.4) is 0 Å². The van der Waals surface area contributed by atoms with Crippen LogP contribution in [0.25, 0.3) is 0 Å². The number of rotatable bonds is 3. The van der Waals surface area contributed by atoms with Crippen molar-refractivity contribution in [2.24, 2.45) is 0 Å². The van der Waals surface area contributed by atoms with Crippen molar-refractivity contribution in [1.82, 2.24) is 4.90 Å². The number of carbonyl (C=O) groups excluding carboxylic acids is 1. The maximum atomic E-state index is 12.2. The lowest BCUT2D eigenvalue weighted by Crippen LogP contribution is -2.48. The summed E-state index contributed by atoms with van der Waals surface area (Å²) < 4.78 is 16.9. The second-order valence-corrected chi connectivity index (χ2v) is 8.13. The van der Waals surface area contributed by atoms with Crippen LogP contribution in [0.15, 0.2) is 36.4 Å². The third-order valence-corrected chi connectivity index (χ3v) is 6.71. The molecule has 2 atom stereocenters. The molecule has 2 unspecified atom stereocenters. The third kappa shape index (κ3) is 2.85. The van der Waals surface area contributed by atoms with Crippen molar-refractivity contribution in [1.29, 1.82) is 0 Å². The number of hydrogen-bond donors (Lipinski definition) is 0. The minimum Gasteiger partial charge on any atom is -0.494 e. The summed E-state index contributed by atoms with van der Waals surface area (Å²) in [6.45, 7) is 0. The number of esters is 1. The molecule has 6 heteroatoms. The van der Waals surface area contributed by atoms with Crippen LogP contribution >= 0.6 is 0 Å².